The van der Waals surface area contributed by atoms with E-state index in [-0.39, 0.29) is 5.91 Å². The molecule has 2 heterocycles. The molecule has 1 aromatic carbocycles. The molecule has 0 unspecified atom stereocenters. The minimum atomic E-state index is -0.409. The number of benzene rings is 1. The highest BCUT2D eigenvalue weighted by atomic mass is 35.5. The number of carbonyl (C=O) groups is 1. The molecule has 1 amide bonds. The van der Waals surface area contributed by atoms with Crippen molar-refractivity contribution in [1.29, 1.82) is 0 Å². The molecule has 1 aromatic heterocycles. The molecular formula is C14H12Cl2N2OS. The van der Waals surface area contributed by atoms with Crippen LogP contribution < -0.4 is 10.6 Å². The molecule has 1 atom stereocenters. The standard InChI is InChI=1S/C14H12Cl2N2OS/c1-6-7(2)20-14-10(6)13(19)17-12(18-14)11-8(15)4-3-5-9(11)16/h3-5,12,18H,1-2H3,(H,17,19)/t12-/m1/s1. The monoisotopic (exact) mass is 326 g/mol. The maximum atomic E-state index is 12.3. The van der Waals surface area contributed by atoms with Crippen molar-refractivity contribution in [3.63, 3.8) is 0 Å². The fourth-order valence-electron chi connectivity index (χ4n) is 2.30. The van der Waals surface area contributed by atoms with E-state index in [9.17, 15) is 4.79 Å². The number of fused-ring (bicyclic) bond motifs is 1. The number of rotatable bonds is 1. The molecule has 0 aliphatic carbocycles. The van der Waals surface area contributed by atoms with Gasteiger partial charge in [0, 0.05) is 20.5 Å². The van der Waals surface area contributed by atoms with Crippen LogP contribution in [0.1, 0.15) is 32.5 Å². The predicted molar refractivity (Wildman–Crippen MR) is 84.1 cm³/mol. The lowest BCUT2D eigenvalue weighted by atomic mass is 10.1. The minimum Gasteiger partial charge on any atom is -0.353 e. The predicted octanol–water partition coefficient (Wildman–Crippen LogP) is 4.53. The third kappa shape index (κ3) is 2.08. The summed E-state index contributed by atoms with van der Waals surface area (Å²) in [7, 11) is 0. The molecule has 20 heavy (non-hydrogen) atoms. The molecule has 2 N–H and O–H groups in total. The number of amides is 1. The normalized spacial score (nSPS) is 17.4. The number of carbonyl (C=O) groups excluding carboxylic acids is 1. The Labute approximate surface area is 130 Å². The van der Waals surface area contributed by atoms with Gasteiger partial charge >= 0.3 is 0 Å². The highest BCUT2D eigenvalue weighted by Gasteiger charge is 2.30. The van der Waals surface area contributed by atoms with Crippen molar-refractivity contribution >= 4 is 45.4 Å². The van der Waals surface area contributed by atoms with Gasteiger partial charge in [0.1, 0.15) is 11.2 Å². The Morgan fingerprint density at radius 1 is 1.15 bits per heavy atom. The minimum absolute atomic E-state index is 0.0958. The second kappa shape index (κ2) is 4.95. The van der Waals surface area contributed by atoms with Gasteiger partial charge in [0.2, 0.25) is 0 Å². The molecule has 2 aromatic rings. The van der Waals surface area contributed by atoms with E-state index >= 15 is 0 Å². The number of hydrogen-bond acceptors (Lipinski definition) is 3. The quantitative estimate of drug-likeness (QED) is 0.808. The summed E-state index contributed by atoms with van der Waals surface area (Å²) in [5, 5.41) is 8.15. The van der Waals surface area contributed by atoms with Crippen LogP contribution in [0.15, 0.2) is 18.2 Å². The maximum absolute atomic E-state index is 12.3. The Morgan fingerprint density at radius 3 is 2.45 bits per heavy atom. The Morgan fingerprint density at radius 2 is 1.80 bits per heavy atom. The molecule has 0 radical (unpaired) electrons. The van der Waals surface area contributed by atoms with Crippen LogP contribution in [0.25, 0.3) is 0 Å². The molecule has 0 fully saturated rings. The Hall–Kier alpha value is -1.23. The lowest BCUT2D eigenvalue weighted by molar-refractivity contribution is 0.0936. The number of anilines is 1. The van der Waals surface area contributed by atoms with Crippen molar-refractivity contribution in [3.8, 4) is 0 Å². The summed E-state index contributed by atoms with van der Waals surface area (Å²) in [5.74, 6) is -0.0958. The van der Waals surface area contributed by atoms with Crippen LogP contribution in [-0.2, 0) is 0 Å². The number of nitrogens with one attached hydrogen (secondary N) is 2. The number of halogens is 2. The van der Waals surface area contributed by atoms with Crippen LogP contribution >= 0.6 is 34.5 Å². The first-order valence-electron chi connectivity index (χ1n) is 6.10. The summed E-state index contributed by atoms with van der Waals surface area (Å²) in [5.41, 5.74) is 2.42. The second-order valence-electron chi connectivity index (χ2n) is 4.67. The fraction of sp³-hybridized carbons (Fsp3) is 0.214. The van der Waals surface area contributed by atoms with Gasteiger partial charge in [0.05, 0.1) is 5.56 Å². The summed E-state index contributed by atoms with van der Waals surface area (Å²) in [6.07, 6.45) is -0.409. The largest absolute Gasteiger partial charge is 0.353 e. The van der Waals surface area contributed by atoms with Crippen molar-refractivity contribution in [3.05, 3.63) is 49.8 Å². The van der Waals surface area contributed by atoms with Crippen LogP contribution in [-0.4, -0.2) is 5.91 Å². The van der Waals surface area contributed by atoms with Crippen molar-refractivity contribution in [2.24, 2.45) is 0 Å². The Bertz CT molecular complexity index is 691. The van der Waals surface area contributed by atoms with Gasteiger partial charge in [0.25, 0.3) is 5.91 Å². The van der Waals surface area contributed by atoms with E-state index in [4.69, 9.17) is 23.2 Å². The number of hydrogen-bond donors (Lipinski definition) is 2. The van der Waals surface area contributed by atoms with Crippen molar-refractivity contribution in [2.45, 2.75) is 20.0 Å². The van der Waals surface area contributed by atoms with E-state index in [0.717, 1.165) is 15.4 Å². The summed E-state index contributed by atoms with van der Waals surface area (Å²) in [6.45, 7) is 3.96. The van der Waals surface area contributed by atoms with Crippen LogP contribution in [0.5, 0.6) is 0 Å². The molecule has 3 nitrogen and oxygen atoms in total. The van der Waals surface area contributed by atoms with Gasteiger partial charge in [-0.05, 0) is 31.5 Å². The third-order valence-corrected chi connectivity index (χ3v) is 5.25. The van der Waals surface area contributed by atoms with E-state index in [1.165, 1.54) is 0 Å². The molecule has 0 saturated carbocycles. The zero-order valence-electron chi connectivity index (χ0n) is 10.9. The summed E-state index contributed by atoms with van der Waals surface area (Å²) in [4.78, 5) is 13.4. The molecule has 104 valence electrons. The summed E-state index contributed by atoms with van der Waals surface area (Å²) in [6, 6.07) is 5.30. The van der Waals surface area contributed by atoms with Crippen molar-refractivity contribution in [2.75, 3.05) is 5.32 Å². The van der Waals surface area contributed by atoms with Gasteiger partial charge in [-0.2, -0.15) is 0 Å². The first-order chi connectivity index (χ1) is 9.49. The van der Waals surface area contributed by atoms with Gasteiger partial charge < -0.3 is 10.6 Å². The molecule has 6 heteroatoms. The number of thiophene rings is 1. The summed E-state index contributed by atoms with van der Waals surface area (Å²) < 4.78 is 0. The first kappa shape index (κ1) is 13.7. The average Bonchev–Trinajstić information content (AvgIpc) is 2.65. The molecule has 0 bridgehead atoms. The van der Waals surface area contributed by atoms with Crippen LogP contribution in [0.4, 0.5) is 5.00 Å². The SMILES string of the molecule is Cc1sc2c(c1C)C(=O)N[C@@H](c1c(Cl)cccc1Cl)N2. The van der Waals surface area contributed by atoms with Crippen molar-refractivity contribution < 1.29 is 4.79 Å². The van der Waals surface area contributed by atoms with Gasteiger partial charge in [-0.3, -0.25) is 4.79 Å². The molecule has 1 aliphatic heterocycles. The maximum Gasteiger partial charge on any atom is 0.256 e. The fourth-order valence-corrected chi connectivity index (χ4v) is 4.00. The van der Waals surface area contributed by atoms with E-state index in [0.29, 0.717) is 21.2 Å². The van der Waals surface area contributed by atoms with E-state index in [1.54, 1.807) is 29.5 Å². The smallest absolute Gasteiger partial charge is 0.256 e. The molecule has 1 aliphatic rings. The Kier molecular flexibility index (Phi) is 3.40. The third-order valence-electron chi connectivity index (χ3n) is 3.45. The van der Waals surface area contributed by atoms with Crippen molar-refractivity contribution in [1.82, 2.24) is 5.32 Å². The zero-order chi connectivity index (χ0) is 14.4. The van der Waals surface area contributed by atoms with Crippen LogP contribution in [0, 0.1) is 13.8 Å². The molecular weight excluding hydrogens is 315 g/mol. The summed E-state index contributed by atoms with van der Waals surface area (Å²) >= 11 is 14.0. The van der Waals surface area contributed by atoms with Gasteiger partial charge in [-0.1, -0.05) is 29.3 Å². The van der Waals surface area contributed by atoms with Gasteiger partial charge in [-0.15, -0.1) is 11.3 Å². The average molecular weight is 327 g/mol. The zero-order valence-corrected chi connectivity index (χ0v) is 13.2. The molecule has 0 spiro atoms. The van der Waals surface area contributed by atoms with Crippen LogP contribution in [0.2, 0.25) is 10.0 Å². The van der Waals surface area contributed by atoms with Gasteiger partial charge in [0.15, 0.2) is 0 Å². The first-order valence-corrected chi connectivity index (χ1v) is 7.67. The Balaban J connectivity index is 2.06. The van der Waals surface area contributed by atoms with Crippen LogP contribution in [0.3, 0.4) is 0 Å². The molecule has 0 saturated heterocycles. The van der Waals surface area contributed by atoms with Gasteiger partial charge in [-0.25, -0.2) is 0 Å². The topological polar surface area (TPSA) is 41.1 Å². The second-order valence-corrected chi connectivity index (χ2v) is 6.71. The van der Waals surface area contributed by atoms with E-state index in [2.05, 4.69) is 10.6 Å². The van der Waals surface area contributed by atoms with E-state index in [1.807, 2.05) is 13.8 Å². The number of aryl methyl sites for hydroxylation is 1. The highest BCUT2D eigenvalue weighted by molar-refractivity contribution is 7.16. The lowest BCUT2D eigenvalue weighted by Crippen LogP contribution is -2.38. The molecule has 3 rings (SSSR count). The highest BCUT2D eigenvalue weighted by Crippen LogP contribution is 2.39. The van der Waals surface area contributed by atoms with E-state index < -0.39 is 6.17 Å². The lowest BCUT2D eigenvalue weighted by Gasteiger charge is -2.27.